The summed E-state index contributed by atoms with van der Waals surface area (Å²) in [5, 5.41) is 8.61. The van der Waals surface area contributed by atoms with E-state index in [1.54, 1.807) is 0 Å². The van der Waals surface area contributed by atoms with Crippen LogP contribution in [0.5, 0.6) is 0 Å². The molecule has 4 rings (SSSR count). The average Bonchev–Trinajstić information content (AvgIpc) is 3.01. The molecule has 1 atom stereocenters. The summed E-state index contributed by atoms with van der Waals surface area (Å²) in [7, 11) is 0. The smallest absolute Gasteiger partial charge is 0.0702 e. The lowest BCUT2D eigenvalue weighted by molar-refractivity contribution is 0.198. The van der Waals surface area contributed by atoms with E-state index >= 15 is 0 Å². The number of hydrogen-bond donors (Lipinski definition) is 1. The predicted molar refractivity (Wildman–Crippen MR) is 92.3 cm³/mol. The van der Waals surface area contributed by atoms with Gasteiger partial charge in [-0.1, -0.05) is 12.1 Å². The minimum Gasteiger partial charge on any atom is -0.298 e. The highest BCUT2D eigenvalue weighted by Gasteiger charge is 2.23. The summed E-state index contributed by atoms with van der Waals surface area (Å²) in [6, 6.07) is 10.8. The first-order chi connectivity index (χ1) is 11.3. The topological polar surface area (TPSA) is 44.8 Å². The zero-order chi connectivity index (χ0) is 15.6. The summed E-state index contributed by atoms with van der Waals surface area (Å²) >= 11 is 0. The molecule has 0 bridgehead atoms. The van der Waals surface area contributed by atoms with E-state index in [1.807, 2.05) is 18.5 Å². The molecule has 3 aromatic rings. The molecule has 4 heteroatoms. The van der Waals surface area contributed by atoms with Gasteiger partial charge in [0.25, 0.3) is 0 Å². The minimum absolute atomic E-state index is 0.577. The Balaban J connectivity index is 1.50. The van der Waals surface area contributed by atoms with Crippen molar-refractivity contribution in [3.63, 3.8) is 0 Å². The Morgan fingerprint density at radius 1 is 1.30 bits per heavy atom. The van der Waals surface area contributed by atoms with Gasteiger partial charge in [-0.25, -0.2) is 0 Å². The molecule has 2 aromatic heterocycles. The molecule has 4 nitrogen and oxygen atoms in total. The summed E-state index contributed by atoms with van der Waals surface area (Å²) in [6.07, 6.45) is 6.29. The summed E-state index contributed by atoms with van der Waals surface area (Å²) in [5.74, 6) is 0.577. The van der Waals surface area contributed by atoms with Crippen molar-refractivity contribution in [2.75, 3.05) is 13.1 Å². The molecule has 1 fully saturated rings. The maximum Gasteiger partial charge on any atom is 0.0702 e. The zero-order valence-electron chi connectivity index (χ0n) is 13.5. The van der Waals surface area contributed by atoms with Crippen LogP contribution < -0.4 is 0 Å². The number of nitrogens with one attached hydrogen (secondary N) is 1. The molecule has 0 aliphatic carbocycles. The third kappa shape index (κ3) is 2.99. The SMILES string of the molecule is Cc1cn[nH]c1C1CCCN(Cc2ccc3ncccc3c2)C1. The number of H-pyrrole nitrogens is 1. The van der Waals surface area contributed by atoms with Crippen molar-refractivity contribution in [1.82, 2.24) is 20.1 Å². The molecule has 1 aliphatic heterocycles. The van der Waals surface area contributed by atoms with Crippen LogP contribution in [-0.4, -0.2) is 33.2 Å². The third-order valence-electron chi connectivity index (χ3n) is 4.86. The van der Waals surface area contributed by atoms with Crippen LogP contribution in [0.2, 0.25) is 0 Å². The van der Waals surface area contributed by atoms with Crippen LogP contribution in [0.15, 0.2) is 42.7 Å². The zero-order valence-corrected chi connectivity index (χ0v) is 13.5. The maximum absolute atomic E-state index is 4.40. The van der Waals surface area contributed by atoms with Gasteiger partial charge >= 0.3 is 0 Å². The van der Waals surface area contributed by atoms with E-state index in [9.17, 15) is 0 Å². The minimum atomic E-state index is 0.577. The Kier molecular flexibility index (Phi) is 3.83. The van der Waals surface area contributed by atoms with Gasteiger partial charge in [0.05, 0.1) is 11.7 Å². The average molecular weight is 306 g/mol. The molecular formula is C19H22N4. The van der Waals surface area contributed by atoms with Crippen LogP contribution in [-0.2, 0) is 6.54 Å². The number of aryl methyl sites for hydroxylation is 1. The quantitative estimate of drug-likeness (QED) is 0.803. The Hall–Kier alpha value is -2.20. The van der Waals surface area contributed by atoms with Crippen LogP contribution in [0.4, 0.5) is 0 Å². The number of aromatic nitrogens is 3. The van der Waals surface area contributed by atoms with E-state index in [-0.39, 0.29) is 0 Å². The van der Waals surface area contributed by atoms with Gasteiger partial charge < -0.3 is 0 Å². The lowest BCUT2D eigenvalue weighted by Crippen LogP contribution is -2.34. The Morgan fingerprint density at radius 3 is 3.13 bits per heavy atom. The van der Waals surface area contributed by atoms with Crippen LogP contribution in [0, 0.1) is 6.92 Å². The van der Waals surface area contributed by atoms with E-state index in [2.05, 4.69) is 51.3 Å². The van der Waals surface area contributed by atoms with Crippen LogP contribution in [0.1, 0.15) is 35.6 Å². The number of hydrogen-bond acceptors (Lipinski definition) is 3. The maximum atomic E-state index is 4.40. The highest BCUT2D eigenvalue weighted by Crippen LogP contribution is 2.28. The van der Waals surface area contributed by atoms with Gasteiger partial charge in [0.2, 0.25) is 0 Å². The summed E-state index contributed by atoms with van der Waals surface area (Å²) in [4.78, 5) is 6.96. The molecular weight excluding hydrogens is 284 g/mol. The molecule has 0 amide bonds. The first kappa shape index (κ1) is 14.4. The normalized spacial score (nSPS) is 19.3. The standard InChI is InChI=1S/C19H22N4/c1-14-11-21-22-19(14)17-5-3-9-23(13-17)12-15-6-7-18-16(10-15)4-2-8-20-18/h2,4,6-8,10-11,17H,3,5,9,12-13H2,1H3,(H,21,22). The lowest BCUT2D eigenvalue weighted by atomic mass is 9.92. The van der Waals surface area contributed by atoms with E-state index in [0.29, 0.717) is 5.92 Å². The van der Waals surface area contributed by atoms with Crippen molar-refractivity contribution in [2.24, 2.45) is 0 Å². The molecule has 0 saturated carbocycles. The van der Waals surface area contributed by atoms with Crippen LogP contribution in [0.25, 0.3) is 10.9 Å². The first-order valence-electron chi connectivity index (χ1n) is 8.35. The van der Waals surface area contributed by atoms with Gasteiger partial charge in [-0.2, -0.15) is 5.10 Å². The second-order valence-corrected chi connectivity index (χ2v) is 6.57. The molecule has 23 heavy (non-hydrogen) atoms. The van der Waals surface area contributed by atoms with Crippen LogP contribution >= 0.6 is 0 Å². The fraction of sp³-hybridized carbons (Fsp3) is 0.368. The number of rotatable bonds is 3. The van der Waals surface area contributed by atoms with E-state index in [4.69, 9.17) is 0 Å². The van der Waals surface area contributed by atoms with Gasteiger partial charge in [0.1, 0.15) is 0 Å². The van der Waals surface area contributed by atoms with Gasteiger partial charge in [0.15, 0.2) is 0 Å². The second-order valence-electron chi connectivity index (χ2n) is 6.57. The summed E-state index contributed by atoms with van der Waals surface area (Å²) in [5.41, 5.74) is 5.04. The summed E-state index contributed by atoms with van der Waals surface area (Å²) < 4.78 is 0. The monoisotopic (exact) mass is 306 g/mol. The lowest BCUT2D eigenvalue weighted by Gasteiger charge is -2.32. The number of fused-ring (bicyclic) bond motifs is 1. The van der Waals surface area contributed by atoms with Crippen LogP contribution in [0.3, 0.4) is 0 Å². The van der Waals surface area contributed by atoms with E-state index in [1.165, 1.54) is 41.6 Å². The molecule has 3 heterocycles. The van der Waals surface area contributed by atoms with Crippen molar-refractivity contribution >= 4 is 10.9 Å². The molecule has 1 aromatic carbocycles. The highest BCUT2D eigenvalue weighted by molar-refractivity contribution is 5.78. The highest BCUT2D eigenvalue weighted by atomic mass is 15.1. The van der Waals surface area contributed by atoms with Crippen molar-refractivity contribution in [3.8, 4) is 0 Å². The molecule has 0 spiro atoms. The van der Waals surface area contributed by atoms with Gasteiger partial charge in [-0.15, -0.1) is 0 Å². The fourth-order valence-corrected chi connectivity index (χ4v) is 3.69. The molecule has 118 valence electrons. The molecule has 0 radical (unpaired) electrons. The van der Waals surface area contributed by atoms with Crippen molar-refractivity contribution in [1.29, 1.82) is 0 Å². The predicted octanol–water partition coefficient (Wildman–Crippen LogP) is 3.65. The number of nitrogens with zero attached hydrogens (tertiary/aromatic N) is 3. The van der Waals surface area contributed by atoms with E-state index in [0.717, 1.165) is 18.6 Å². The molecule has 1 unspecified atom stereocenters. The van der Waals surface area contributed by atoms with Crippen molar-refractivity contribution in [3.05, 3.63) is 59.5 Å². The van der Waals surface area contributed by atoms with Crippen molar-refractivity contribution in [2.45, 2.75) is 32.2 Å². The first-order valence-corrected chi connectivity index (χ1v) is 8.35. The number of piperidine rings is 1. The fourth-order valence-electron chi connectivity index (χ4n) is 3.69. The number of likely N-dealkylation sites (tertiary alicyclic amines) is 1. The Bertz CT molecular complexity index is 808. The Morgan fingerprint density at radius 2 is 2.26 bits per heavy atom. The Labute approximate surface area is 136 Å². The van der Waals surface area contributed by atoms with Gasteiger partial charge in [-0.05, 0) is 55.6 Å². The van der Waals surface area contributed by atoms with Crippen molar-refractivity contribution < 1.29 is 0 Å². The molecule has 1 N–H and O–H groups in total. The van der Waals surface area contributed by atoms with Gasteiger partial charge in [0, 0.05) is 36.3 Å². The molecule has 1 aliphatic rings. The number of pyridine rings is 1. The van der Waals surface area contributed by atoms with E-state index < -0.39 is 0 Å². The molecule has 1 saturated heterocycles. The third-order valence-corrected chi connectivity index (χ3v) is 4.86. The number of aromatic amines is 1. The number of benzene rings is 1. The second kappa shape index (κ2) is 6.13. The summed E-state index contributed by atoms with van der Waals surface area (Å²) in [6.45, 7) is 5.44. The largest absolute Gasteiger partial charge is 0.298 e. The van der Waals surface area contributed by atoms with Gasteiger partial charge in [-0.3, -0.25) is 15.0 Å².